The average Bonchev–Trinajstić information content (AvgIpc) is 3.27. The Balaban J connectivity index is 1.58. The first-order chi connectivity index (χ1) is 14.3. The third-order valence-corrected chi connectivity index (χ3v) is 4.95. The van der Waals surface area contributed by atoms with Gasteiger partial charge in [0.05, 0.1) is 16.8 Å². The lowest BCUT2D eigenvalue weighted by molar-refractivity contribution is -0.116. The first-order valence-corrected chi connectivity index (χ1v) is 9.46. The van der Waals surface area contributed by atoms with E-state index in [9.17, 15) is 18.8 Å². The number of carbonyl (C=O) groups excluding carboxylic acids is 2. The molecule has 0 aliphatic rings. The molecule has 2 amide bonds. The van der Waals surface area contributed by atoms with E-state index in [1.807, 2.05) is 0 Å². The van der Waals surface area contributed by atoms with Gasteiger partial charge in [0.2, 0.25) is 17.6 Å². The van der Waals surface area contributed by atoms with E-state index < -0.39 is 23.6 Å². The van der Waals surface area contributed by atoms with E-state index in [0.29, 0.717) is 5.69 Å². The predicted octanol–water partition coefficient (Wildman–Crippen LogP) is 2.41. The van der Waals surface area contributed by atoms with Gasteiger partial charge in [-0.15, -0.1) is 0 Å². The van der Waals surface area contributed by atoms with Crippen molar-refractivity contribution in [1.82, 2.24) is 20.4 Å². The predicted molar refractivity (Wildman–Crippen MR) is 104 cm³/mol. The van der Waals surface area contributed by atoms with Crippen LogP contribution in [0.25, 0.3) is 11.4 Å². The number of halogens is 1. The van der Waals surface area contributed by atoms with Gasteiger partial charge in [-0.05, 0) is 19.1 Å². The summed E-state index contributed by atoms with van der Waals surface area (Å²) in [5, 5.41) is 17.7. The molecule has 0 spiro atoms. The molecule has 3 aromatic rings. The Kier molecular flexibility index (Phi) is 6.16. The summed E-state index contributed by atoms with van der Waals surface area (Å²) in [6.07, 6.45) is -0.113. The van der Waals surface area contributed by atoms with Crippen molar-refractivity contribution in [2.24, 2.45) is 0 Å². The van der Waals surface area contributed by atoms with Gasteiger partial charge >= 0.3 is 5.97 Å². The lowest BCUT2D eigenvalue weighted by Crippen LogP contribution is -2.28. The number of nitrogens with zero attached hydrogens (tertiary/aromatic N) is 3. The summed E-state index contributed by atoms with van der Waals surface area (Å²) < 4.78 is 19.5. The number of aromatic carboxylic acids is 1. The van der Waals surface area contributed by atoms with E-state index in [2.05, 4.69) is 25.8 Å². The Morgan fingerprint density at radius 3 is 2.63 bits per heavy atom. The van der Waals surface area contributed by atoms with Crippen LogP contribution < -0.4 is 10.6 Å². The van der Waals surface area contributed by atoms with E-state index in [1.165, 1.54) is 25.1 Å². The zero-order valence-electron chi connectivity index (χ0n) is 15.9. The molecular formula is C18H16FN5O5S. The third kappa shape index (κ3) is 4.66. The monoisotopic (exact) mass is 433 g/mol. The van der Waals surface area contributed by atoms with Crippen LogP contribution in [0.5, 0.6) is 0 Å². The fraction of sp³-hybridized carbons (Fsp3) is 0.222. The normalized spacial score (nSPS) is 10.6. The molecule has 3 rings (SSSR count). The lowest BCUT2D eigenvalue weighted by Gasteiger charge is -2.07. The largest absolute Gasteiger partial charge is 0.477 e. The minimum atomic E-state index is -1.13. The summed E-state index contributed by atoms with van der Waals surface area (Å²) in [7, 11) is 0. The maximum Gasteiger partial charge on any atom is 0.347 e. The molecular weight excluding hydrogens is 417 g/mol. The minimum Gasteiger partial charge on any atom is -0.477 e. The second kappa shape index (κ2) is 8.78. The Bertz CT molecular complexity index is 1130. The Hall–Kier alpha value is -3.67. The molecule has 12 heteroatoms. The summed E-state index contributed by atoms with van der Waals surface area (Å²) in [6, 6.07) is 4.20. The van der Waals surface area contributed by atoms with Crippen molar-refractivity contribution in [1.29, 1.82) is 0 Å². The molecule has 0 aliphatic carbocycles. The number of aromatic nitrogens is 3. The number of amides is 2. The zero-order valence-corrected chi connectivity index (χ0v) is 16.7. The number of carbonyl (C=O) groups is 3. The van der Waals surface area contributed by atoms with Gasteiger partial charge in [0.15, 0.2) is 5.13 Å². The van der Waals surface area contributed by atoms with Crippen molar-refractivity contribution in [2.75, 3.05) is 11.9 Å². The molecule has 0 fully saturated rings. The SMILES string of the molecule is Cc1nc(-c2cccc(C(=O)NCCC(=O)Nc3nc(C)c(C(=O)O)s3)c2F)no1. The maximum absolute atomic E-state index is 14.7. The quantitative estimate of drug-likeness (QED) is 0.515. The van der Waals surface area contributed by atoms with Crippen molar-refractivity contribution in [2.45, 2.75) is 20.3 Å². The van der Waals surface area contributed by atoms with Gasteiger partial charge in [0.25, 0.3) is 5.91 Å². The minimum absolute atomic E-state index is 0.0191. The van der Waals surface area contributed by atoms with E-state index in [0.717, 1.165) is 11.3 Å². The molecule has 156 valence electrons. The van der Waals surface area contributed by atoms with Crippen molar-refractivity contribution in [3.63, 3.8) is 0 Å². The van der Waals surface area contributed by atoms with Crippen LogP contribution >= 0.6 is 11.3 Å². The van der Waals surface area contributed by atoms with Crippen LogP contribution in [0, 0.1) is 19.7 Å². The van der Waals surface area contributed by atoms with Gasteiger partial charge in [-0.3, -0.25) is 9.59 Å². The molecule has 0 radical (unpaired) electrons. The smallest absolute Gasteiger partial charge is 0.347 e. The van der Waals surface area contributed by atoms with Gasteiger partial charge < -0.3 is 20.3 Å². The summed E-state index contributed by atoms with van der Waals surface area (Å²) in [5.41, 5.74) is 0.0888. The van der Waals surface area contributed by atoms with Crippen molar-refractivity contribution >= 4 is 34.3 Å². The zero-order chi connectivity index (χ0) is 21.8. The van der Waals surface area contributed by atoms with Gasteiger partial charge in [0.1, 0.15) is 10.7 Å². The highest BCUT2D eigenvalue weighted by Crippen LogP contribution is 2.23. The third-order valence-electron chi connectivity index (χ3n) is 3.89. The van der Waals surface area contributed by atoms with Crippen LogP contribution in [0.1, 0.15) is 38.0 Å². The number of rotatable bonds is 7. The summed E-state index contributed by atoms with van der Waals surface area (Å²) in [6.45, 7) is 3.02. The van der Waals surface area contributed by atoms with E-state index >= 15 is 0 Å². The number of thiazole rings is 1. The van der Waals surface area contributed by atoms with Crippen molar-refractivity contribution in [3.05, 3.63) is 46.0 Å². The molecule has 0 aliphatic heterocycles. The van der Waals surface area contributed by atoms with Crippen LogP contribution in [0.2, 0.25) is 0 Å². The first-order valence-electron chi connectivity index (χ1n) is 8.64. The maximum atomic E-state index is 14.7. The number of hydrogen-bond donors (Lipinski definition) is 3. The van der Waals surface area contributed by atoms with E-state index in [4.69, 9.17) is 9.63 Å². The van der Waals surface area contributed by atoms with Crippen molar-refractivity contribution < 1.29 is 28.4 Å². The fourth-order valence-electron chi connectivity index (χ4n) is 2.50. The van der Waals surface area contributed by atoms with Crippen LogP contribution in [-0.2, 0) is 4.79 Å². The second-order valence-electron chi connectivity index (χ2n) is 6.10. The molecule has 1 aromatic carbocycles. The van der Waals surface area contributed by atoms with Crippen molar-refractivity contribution in [3.8, 4) is 11.4 Å². The summed E-state index contributed by atoms with van der Waals surface area (Å²) in [5.74, 6) is -2.83. The molecule has 10 nitrogen and oxygen atoms in total. The average molecular weight is 433 g/mol. The second-order valence-corrected chi connectivity index (χ2v) is 7.10. The van der Waals surface area contributed by atoms with Gasteiger partial charge in [-0.25, -0.2) is 14.2 Å². The van der Waals surface area contributed by atoms with Crippen LogP contribution in [-0.4, -0.2) is 44.6 Å². The number of hydrogen-bond acceptors (Lipinski definition) is 8. The molecule has 30 heavy (non-hydrogen) atoms. The molecule has 0 saturated carbocycles. The van der Waals surface area contributed by atoms with Crippen LogP contribution in [0.4, 0.5) is 9.52 Å². The summed E-state index contributed by atoms with van der Waals surface area (Å²) >= 11 is 0.837. The number of carboxylic acid groups (broad SMARTS) is 1. The Morgan fingerprint density at radius 2 is 2.00 bits per heavy atom. The number of nitrogens with one attached hydrogen (secondary N) is 2. The highest BCUT2D eigenvalue weighted by molar-refractivity contribution is 7.17. The van der Waals surface area contributed by atoms with Gasteiger partial charge in [-0.2, -0.15) is 4.98 Å². The van der Waals surface area contributed by atoms with Crippen LogP contribution in [0.15, 0.2) is 22.7 Å². The summed E-state index contributed by atoms with van der Waals surface area (Å²) in [4.78, 5) is 43.2. The number of anilines is 1. The highest BCUT2D eigenvalue weighted by Gasteiger charge is 2.19. The molecule has 0 atom stereocenters. The topological polar surface area (TPSA) is 147 Å². The van der Waals surface area contributed by atoms with E-state index in [1.54, 1.807) is 6.92 Å². The molecule has 3 N–H and O–H groups in total. The highest BCUT2D eigenvalue weighted by atomic mass is 32.1. The molecule has 2 aromatic heterocycles. The van der Waals surface area contributed by atoms with Crippen LogP contribution in [0.3, 0.4) is 0 Å². The van der Waals surface area contributed by atoms with E-state index in [-0.39, 0.29) is 45.8 Å². The lowest BCUT2D eigenvalue weighted by atomic mass is 10.1. The fourth-order valence-corrected chi connectivity index (χ4v) is 3.33. The number of carboxylic acids is 1. The van der Waals surface area contributed by atoms with Gasteiger partial charge in [0, 0.05) is 19.9 Å². The Morgan fingerprint density at radius 1 is 1.23 bits per heavy atom. The number of benzene rings is 1. The van der Waals surface area contributed by atoms with Gasteiger partial charge in [-0.1, -0.05) is 22.6 Å². The standard InChI is InChI=1S/C18H16FN5O5S/c1-8-14(17(27)28)30-18(21-8)23-12(25)6-7-20-16(26)11-5-3-4-10(13(11)19)15-22-9(2)29-24-15/h3-5H,6-7H2,1-2H3,(H,20,26)(H,27,28)(H,21,23,25). The molecule has 2 heterocycles. The molecule has 0 saturated heterocycles. The first kappa shape index (κ1) is 21.0. The molecule has 0 bridgehead atoms. The Labute approximate surface area is 173 Å². The molecule has 0 unspecified atom stereocenters. The number of aryl methyl sites for hydroxylation is 2.